The molecule has 1 N–H and O–H groups in total. The first-order valence-electron chi connectivity index (χ1n) is 14.2. The molecule has 0 fully saturated rings. The average molecular weight is 636 g/mol. The first-order chi connectivity index (χ1) is 20.9. The molecule has 0 aliphatic carbocycles. The molecule has 7 nitrogen and oxygen atoms in total. The second-order valence-electron chi connectivity index (χ2n) is 10.8. The van der Waals surface area contributed by atoms with Gasteiger partial charge in [-0.1, -0.05) is 71.8 Å². The van der Waals surface area contributed by atoms with Crippen molar-refractivity contribution in [2.24, 2.45) is 0 Å². The van der Waals surface area contributed by atoms with Gasteiger partial charge in [-0.05, 0) is 80.4 Å². The summed E-state index contributed by atoms with van der Waals surface area (Å²) < 4.78 is 42.6. The number of sulfonamides is 1. The molecular formula is C34H35ClFN3O4S. The summed E-state index contributed by atoms with van der Waals surface area (Å²) in [5.74, 6) is -1.56. The maximum Gasteiger partial charge on any atom is 0.264 e. The smallest absolute Gasteiger partial charge is 0.264 e. The van der Waals surface area contributed by atoms with Gasteiger partial charge in [0.1, 0.15) is 18.4 Å². The van der Waals surface area contributed by atoms with Gasteiger partial charge in [0.15, 0.2) is 0 Å². The Morgan fingerprint density at radius 1 is 0.864 bits per heavy atom. The third kappa shape index (κ3) is 8.45. The molecule has 0 aromatic heterocycles. The van der Waals surface area contributed by atoms with Crippen LogP contribution in [-0.2, 0) is 32.6 Å². The van der Waals surface area contributed by atoms with E-state index < -0.39 is 34.3 Å². The Morgan fingerprint density at radius 3 is 2.11 bits per heavy atom. The van der Waals surface area contributed by atoms with Crippen LogP contribution in [0.25, 0.3) is 0 Å². The van der Waals surface area contributed by atoms with E-state index in [-0.39, 0.29) is 35.5 Å². The van der Waals surface area contributed by atoms with Crippen LogP contribution >= 0.6 is 11.6 Å². The van der Waals surface area contributed by atoms with Crippen molar-refractivity contribution < 1.29 is 22.4 Å². The van der Waals surface area contributed by atoms with E-state index in [1.165, 1.54) is 4.90 Å². The van der Waals surface area contributed by atoms with Crippen molar-refractivity contribution in [3.05, 3.63) is 131 Å². The molecular weight excluding hydrogens is 601 g/mol. The molecule has 10 heteroatoms. The highest BCUT2D eigenvalue weighted by atomic mass is 35.5. The summed E-state index contributed by atoms with van der Waals surface area (Å²) >= 11 is 6.27. The number of carbonyl (C=O) groups is 2. The summed E-state index contributed by atoms with van der Waals surface area (Å²) in [6.45, 7) is 4.91. The molecule has 0 heterocycles. The van der Waals surface area contributed by atoms with Crippen LogP contribution in [0.2, 0.25) is 5.02 Å². The highest BCUT2D eigenvalue weighted by molar-refractivity contribution is 7.92. The number of rotatable bonds is 12. The maximum atomic E-state index is 14.4. The Hall–Kier alpha value is -4.21. The van der Waals surface area contributed by atoms with Gasteiger partial charge in [0.25, 0.3) is 10.0 Å². The fourth-order valence-corrected chi connectivity index (χ4v) is 6.37. The predicted molar refractivity (Wildman–Crippen MR) is 171 cm³/mol. The van der Waals surface area contributed by atoms with Crippen molar-refractivity contribution in [2.45, 2.75) is 50.7 Å². The van der Waals surface area contributed by atoms with E-state index in [0.717, 1.165) is 39.7 Å². The van der Waals surface area contributed by atoms with Crippen molar-refractivity contribution in [3.8, 4) is 0 Å². The fourth-order valence-electron chi connectivity index (χ4n) is 4.74. The van der Waals surface area contributed by atoms with Gasteiger partial charge in [-0.25, -0.2) is 12.8 Å². The van der Waals surface area contributed by atoms with Crippen molar-refractivity contribution in [1.82, 2.24) is 10.2 Å². The lowest BCUT2D eigenvalue weighted by molar-refractivity contribution is -0.140. The summed E-state index contributed by atoms with van der Waals surface area (Å²) in [6.07, 6.45) is 0.195. The third-order valence-electron chi connectivity index (χ3n) is 6.95. The van der Waals surface area contributed by atoms with Gasteiger partial charge in [-0.2, -0.15) is 0 Å². The van der Waals surface area contributed by atoms with E-state index in [1.54, 1.807) is 48.5 Å². The highest BCUT2D eigenvalue weighted by Crippen LogP contribution is 2.26. The molecule has 230 valence electrons. The van der Waals surface area contributed by atoms with Crippen LogP contribution in [0.4, 0.5) is 10.1 Å². The Bertz CT molecular complexity index is 1680. The number of aryl methyl sites for hydroxylation is 1. The Balaban J connectivity index is 1.80. The van der Waals surface area contributed by atoms with E-state index in [2.05, 4.69) is 5.32 Å². The number of hydrogen-bond donors (Lipinski definition) is 1. The van der Waals surface area contributed by atoms with Crippen molar-refractivity contribution in [2.75, 3.05) is 10.8 Å². The number of benzene rings is 4. The van der Waals surface area contributed by atoms with Gasteiger partial charge < -0.3 is 10.2 Å². The monoisotopic (exact) mass is 635 g/mol. The number of nitrogens with zero attached hydrogens (tertiary/aromatic N) is 2. The van der Waals surface area contributed by atoms with Gasteiger partial charge in [0.05, 0.1) is 10.6 Å². The average Bonchev–Trinajstić information content (AvgIpc) is 2.98. The first kappa shape index (κ1) is 32.7. The Labute approximate surface area is 263 Å². The van der Waals surface area contributed by atoms with Crippen LogP contribution in [0.3, 0.4) is 0 Å². The maximum absolute atomic E-state index is 14.4. The lowest BCUT2D eigenvalue weighted by Crippen LogP contribution is -2.54. The molecule has 0 spiro atoms. The van der Waals surface area contributed by atoms with Crippen LogP contribution in [0.15, 0.2) is 108 Å². The molecule has 2 amide bonds. The molecule has 4 aromatic carbocycles. The van der Waals surface area contributed by atoms with E-state index in [4.69, 9.17) is 11.6 Å². The molecule has 4 aromatic rings. The second-order valence-corrected chi connectivity index (χ2v) is 13.1. The second kappa shape index (κ2) is 14.5. The zero-order valence-electron chi connectivity index (χ0n) is 24.8. The summed E-state index contributed by atoms with van der Waals surface area (Å²) in [6, 6.07) is 26.2. The number of carbonyl (C=O) groups excluding carboxylic acids is 2. The Kier molecular flexibility index (Phi) is 10.8. The fraction of sp³-hybridized carbons (Fsp3) is 0.235. The zero-order chi connectivity index (χ0) is 31.9. The van der Waals surface area contributed by atoms with Crippen molar-refractivity contribution in [1.29, 1.82) is 0 Å². The molecule has 44 heavy (non-hydrogen) atoms. The van der Waals surface area contributed by atoms with Gasteiger partial charge in [-0.15, -0.1) is 0 Å². The molecule has 0 saturated heterocycles. The van der Waals surface area contributed by atoms with E-state index in [1.807, 2.05) is 51.1 Å². The van der Waals surface area contributed by atoms with Crippen LogP contribution < -0.4 is 9.62 Å². The summed E-state index contributed by atoms with van der Waals surface area (Å²) in [7, 11) is -4.32. The normalized spacial score (nSPS) is 12.0. The van der Waals surface area contributed by atoms with Crippen LogP contribution in [0.1, 0.15) is 30.5 Å². The van der Waals surface area contributed by atoms with Crippen molar-refractivity contribution >= 4 is 39.1 Å². The van der Waals surface area contributed by atoms with Crippen molar-refractivity contribution in [3.63, 3.8) is 0 Å². The molecule has 0 radical (unpaired) electrons. The molecule has 0 saturated carbocycles. The number of nitrogens with one attached hydrogen (secondary N) is 1. The van der Waals surface area contributed by atoms with Gasteiger partial charge in [0.2, 0.25) is 11.8 Å². The summed E-state index contributed by atoms with van der Waals surface area (Å²) in [5, 5.41) is 3.38. The zero-order valence-corrected chi connectivity index (χ0v) is 26.4. The standard InChI is InChI=1S/C34H35ClFN3O4S/c1-24(2)37-34(41)32(21-26-8-5-4-6-9-26)38(22-27-10-7-11-28(35)20-27)33(40)23-39(30-16-12-25(3)13-17-30)44(42,43)31-18-14-29(36)15-19-31/h4-20,24,32H,21-23H2,1-3H3,(H,37,41). The SMILES string of the molecule is Cc1ccc(N(CC(=O)N(Cc2cccc(Cl)c2)C(Cc2ccccc2)C(=O)NC(C)C)S(=O)(=O)c2ccc(F)cc2)cc1. The van der Waals surface area contributed by atoms with Gasteiger partial charge in [-0.3, -0.25) is 13.9 Å². The molecule has 1 atom stereocenters. The number of anilines is 1. The van der Waals surface area contributed by atoms with E-state index in [9.17, 15) is 22.4 Å². The number of halogens is 2. The van der Waals surface area contributed by atoms with Crippen LogP contribution in [0.5, 0.6) is 0 Å². The molecule has 0 aliphatic rings. The number of hydrogen-bond acceptors (Lipinski definition) is 4. The van der Waals surface area contributed by atoms with Crippen LogP contribution in [-0.4, -0.2) is 43.8 Å². The quantitative estimate of drug-likeness (QED) is 0.202. The highest BCUT2D eigenvalue weighted by Gasteiger charge is 2.34. The lowest BCUT2D eigenvalue weighted by Gasteiger charge is -2.34. The minimum Gasteiger partial charge on any atom is -0.352 e. The van der Waals surface area contributed by atoms with E-state index >= 15 is 0 Å². The molecule has 0 aliphatic heterocycles. The molecule has 0 bridgehead atoms. The predicted octanol–water partition coefficient (Wildman–Crippen LogP) is 6.15. The topological polar surface area (TPSA) is 86.8 Å². The summed E-state index contributed by atoms with van der Waals surface area (Å²) in [4.78, 5) is 29.3. The largest absolute Gasteiger partial charge is 0.352 e. The van der Waals surface area contributed by atoms with Crippen LogP contribution in [0, 0.1) is 12.7 Å². The Morgan fingerprint density at radius 2 is 1.50 bits per heavy atom. The summed E-state index contributed by atoms with van der Waals surface area (Å²) in [5.41, 5.74) is 2.65. The van der Waals surface area contributed by atoms with Gasteiger partial charge >= 0.3 is 0 Å². The lowest BCUT2D eigenvalue weighted by atomic mass is 10.0. The minimum absolute atomic E-state index is 0.000737. The first-order valence-corrected chi connectivity index (χ1v) is 16.0. The number of amides is 2. The molecule has 1 unspecified atom stereocenters. The van der Waals surface area contributed by atoms with Gasteiger partial charge in [0, 0.05) is 24.0 Å². The minimum atomic E-state index is -4.32. The van der Waals surface area contributed by atoms with E-state index in [0.29, 0.717) is 10.6 Å². The third-order valence-corrected chi connectivity index (χ3v) is 8.97. The molecule has 4 rings (SSSR count).